The van der Waals surface area contributed by atoms with Crippen molar-refractivity contribution in [2.45, 2.75) is 44.9 Å². The van der Waals surface area contributed by atoms with Gasteiger partial charge in [0.1, 0.15) is 5.82 Å². The SMILES string of the molecule is CN=C(NCCc1nnc2ccccn12)N1CCC2(CCCCC2)C1.I. The Labute approximate surface area is 172 Å². The average Bonchev–Trinajstić information content (AvgIpc) is 3.24. The molecule has 142 valence electrons. The summed E-state index contributed by atoms with van der Waals surface area (Å²) >= 11 is 0. The molecule has 0 atom stereocenters. The molecule has 0 amide bonds. The number of nitrogens with one attached hydrogen (secondary N) is 1. The molecule has 0 aromatic carbocycles. The molecule has 4 rings (SSSR count). The third-order valence-electron chi connectivity index (χ3n) is 5.88. The molecule has 2 aliphatic rings. The lowest BCUT2D eigenvalue weighted by Crippen LogP contribution is -2.42. The third-order valence-corrected chi connectivity index (χ3v) is 5.88. The van der Waals surface area contributed by atoms with Gasteiger partial charge in [-0.2, -0.15) is 0 Å². The lowest BCUT2D eigenvalue weighted by Gasteiger charge is -2.33. The van der Waals surface area contributed by atoms with E-state index in [0.717, 1.165) is 36.9 Å². The number of fused-ring (bicyclic) bond motifs is 1. The predicted octanol–water partition coefficient (Wildman–Crippen LogP) is 3.12. The quantitative estimate of drug-likeness (QED) is 0.428. The van der Waals surface area contributed by atoms with Gasteiger partial charge in [-0.25, -0.2) is 0 Å². The normalized spacial score (nSPS) is 19.7. The van der Waals surface area contributed by atoms with Crippen LogP contribution in [0.2, 0.25) is 0 Å². The fourth-order valence-electron chi connectivity index (χ4n) is 4.51. The molecule has 1 saturated heterocycles. The number of likely N-dealkylation sites (tertiary alicyclic amines) is 1. The van der Waals surface area contributed by atoms with Gasteiger partial charge in [-0.05, 0) is 36.8 Å². The number of aliphatic imine (C=N–C) groups is 1. The Kier molecular flexibility index (Phi) is 6.37. The zero-order chi connectivity index (χ0) is 17.1. The summed E-state index contributed by atoms with van der Waals surface area (Å²) < 4.78 is 2.05. The molecule has 7 heteroatoms. The molecule has 0 unspecified atom stereocenters. The average molecular weight is 468 g/mol. The summed E-state index contributed by atoms with van der Waals surface area (Å²) in [5.74, 6) is 2.03. The maximum absolute atomic E-state index is 4.52. The van der Waals surface area contributed by atoms with Crippen molar-refractivity contribution in [2.24, 2.45) is 10.4 Å². The minimum Gasteiger partial charge on any atom is -0.356 e. The highest BCUT2D eigenvalue weighted by molar-refractivity contribution is 14.0. The molecule has 1 saturated carbocycles. The summed E-state index contributed by atoms with van der Waals surface area (Å²) in [4.78, 5) is 6.97. The van der Waals surface area contributed by atoms with Gasteiger partial charge in [-0.15, -0.1) is 34.2 Å². The fourth-order valence-corrected chi connectivity index (χ4v) is 4.51. The summed E-state index contributed by atoms with van der Waals surface area (Å²) in [7, 11) is 1.89. The Morgan fingerprint density at radius 1 is 1.19 bits per heavy atom. The van der Waals surface area contributed by atoms with Crippen LogP contribution in [-0.4, -0.2) is 52.1 Å². The molecule has 6 nitrogen and oxygen atoms in total. The molecule has 1 aliphatic heterocycles. The molecule has 1 N–H and O–H groups in total. The molecule has 0 bridgehead atoms. The number of guanidine groups is 1. The summed E-state index contributed by atoms with van der Waals surface area (Å²) in [5, 5.41) is 12.0. The van der Waals surface area contributed by atoms with E-state index in [1.54, 1.807) is 0 Å². The number of rotatable bonds is 3. The van der Waals surface area contributed by atoms with E-state index in [4.69, 9.17) is 0 Å². The van der Waals surface area contributed by atoms with Gasteiger partial charge in [0.25, 0.3) is 0 Å². The minimum absolute atomic E-state index is 0. The van der Waals surface area contributed by atoms with Crippen molar-refractivity contribution in [2.75, 3.05) is 26.7 Å². The molecular weight excluding hydrogens is 439 g/mol. The standard InChI is InChI=1S/C19H28N6.HI/c1-20-18(24-14-11-19(15-24)9-4-2-5-10-19)21-12-8-17-23-22-16-7-3-6-13-25(16)17;/h3,6-7,13H,2,4-5,8-12,14-15H2,1H3,(H,20,21);1H. The monoisotopic (exact) mass is 468 g/mol. The summed E-state index contributed by atoms with van der Waals surface area (Å²) in [6.45, 7) is 3.12. The van der Waals surface area contributed by atoms with Crippen LogP contribution in [0.4, 0.5) is 0 Å². The topological polar surface area (TPSA) is 57.8 Å². The van der Waals surface area contributed by atoms with Crippen LogP contribution in [0.3, 0.4) is 0 Å². The smallest absolute Gasteiger partial charge is 0.193 e. The van der Waals surface area contributed by atoms with E-state index in [0.29, 0.717) is 5.41 Å². The molecule has 1 spiro atoms. The summed E-state index contributed by atoms with van der Waals surface area (Å²) in [5.41, 5.74) is 1.46. The molecule has 0 radical (unpaired) electrons. The van der Waals surface area contributed by atoms with E-state index in [1.807, 2.05) is 31.4 Å². The van der Waals surface area contributed by atoms with Crippen LogP contribution >= 0.6 is 24.0 Å². The van der Waals surface area contributed by atoms with E-state index in [1.165, 1.54) is 45.1 Å². The van der Waals surface area contributed by atoms with Crippen LogP contribution in [0.15, 0.2) is 29.4 Å². The van der Waals surface area contributed by atoms with Crippen LogP contribution in [-0.2, 0) is 6.42 Å². The van der Waals surface area contributed by atoms with Crippen molar-refractivity contribution in [3.05, 3.63) is 30.2 Å². The van der Waals surface area contributed by atoms with Crippen molar-refractivity contribution in [3.63, 3.8) is 0 Å². The van der Waals surface area contributed by atoms with E-state index >= 15 is 0 Å². The van der Waals surface area contributed by atoms with E-state index in [-0.39, 0.29) is 24.0 Å². The van der Waals surface area contributed by atoms with Crippen molar-refractivity contribution in [1.29, 1.82) is 0 Å². The van der Waals surface area contributed by atoms with Gasteiger partial charge >= 0.3 is 0 Å². The minimum atomic E-state index is 0. The Morgan fingerprint density at radius 2 is 2.04 bits per heavy atom. The fraction of sp³-hybridized carbons (Fsp3) is 0.632. The molecule has 26 heavy (non-hydrogen) atoms. The second-order valence-corrected chi connectivity index (χ2v) is 7.50. The van der Waals surface area contributed by atoms with Crippen molar-refractivity contribution in [1.82, 2.24) is 24.8 Å². The molecule has 2 fully saturated rings. The first-order chi connectivity index (χ1) is 12.3. The highest BCUT2D eigenvalue weighted by Gasteiger charge is 2.39. The van der Waals surface area contributed by atoms with Gasteiger partial charge in [0.15, 0.2) is 11.6 Å². The number of aromatic nitrogens is 3. The molecule has 2 aromatic rings. The van der Waals surface area contributed by atoms with Gasteiger partial charge in [0.05, 0.1) is 0 Å². The van der Waals surface area contributed by atoms with Crippen LogP contribution in [0.5, 0.6) is 0 Å². The Balaban J connectivity index is 0.00000196. The Bertz CT molecular complexity index is 749. The molecular formula is C19H29IN6. The van der Waals surface area contributed by atoms with E-state index in [9.17, 15) is 0 Å². The maximum atomic E-state index is 4.52. The molecule has 2 aromatic heterocycles. The number of nitrogens with zero attached hydrogens (tertiary/aromatic N) is 5. The zero-order valence-electron chi connectivity index (χ0n) is 15.5. The number of halogens is 1. The van der Waals surface area contributed by atoms with Gasteiger partial charge in [0, 0.05) is 39.3 Å². The second kappa shape index (κ2) is 8.54. The summed E-state index contributed by atoms with van der Waals surface area (Å²) in [6.07, 6.45) is 11.2. The van der Waals surface area contributed by atoms with Crippen molar-refractivity contribution in [3.8, 4) is 0 Å². The van der Waals surface area contributed by atoms with Crippen LogP contribution in [0, 0.1) is 5.41 Å². The third kappa shape index (κ3) is 3.97. The number of pyridine rings is 1. The van der Waals surface area contributed by atoms with Crippen LogP contribution in [0.25, 0.3) is 5.65 Å². The molecule has 1 aliphatic carbocycles. The van der Waals surface area contributed by atoms with Gasteiger partial charge in [-0.3, -0.25) is 9.39 Å². The van der Waals surface area contributed by atoms with Crippen LogP contribution in [0.1, 0.15) is 44.3 Å². The van der Waals surface area contributed by atoms with E-state index < -0.39 is 0 Å². The first kappa shape index (κ1) is 19.4. The second-order valence-electron chi connectivity index (χ2n) is 7.50. The lowest BCUT2D eigenvalue weighted by atomic mass is 9.73. The first-order valence-electron chi connectivity index (χ1n) is 9.54. The number of hydrogen-bond acceptors (Lipinski definition) is 3. The van der Waals surface area contributed by atoms with E-state index in [2.05, 4.69) is 29.8 Å². The highest BCUT2D eigenvalue weighted by Crippen LogP contribution is 2.43. The van der Waals surface area contributed by atoms with Gasteiger partial charge in [-0.1, -0.05) is 25.3 Å². The first-order valence-corrected chi connectivity index (χ1v) is 9.54. The van der Waals surface area contributed by atoms with Crippen molar-refractivity contribution < 1.29 is 0 Å². The molecule has 3 heterocycles. The lowest BCUT2D eigenvalue weighted by molar-refractivity contribution is 0.203. The van der Waals surface area contributed by atoms with Crippen molar-refractivity contribution >= 4 is 35.6 Å². The largest absolute Gasteiger partial charge is 0.356 e. The predicted molar refractivity (Wildman–Crippen MR) is 115 cm³/mol. The Morgan fingerprint density at radius 3 is 2.85 bits per heavy atom. The van der Waals surface area contributed by atoms with Gasteiger partial charge in [0.2, 0.25) is 0 Å². The highest BCUT2D eigenvalue weighted by atomic mass is 127. The van der Waals surface area contributed by atoms with Gasteiger partial charge < -0.3 is 10.2 Å². The Hall–Kier alpha value is -1.38. The maximum Gasteiger partial charge on any atom is 0.193 e. The zero-order valence-corrected chi connectivity index (χ0v) is 17.9. The van der Waals surface area contributed by atoms with Crippen LogP contribution < -0.4 is 5.32 Å². The number of hydrogen-bond donors (Lipinski definition) is 1. The summed E-state index contributed by atoms with van der Waals surface area (Å²) in [6, 6.07) is 5.99.